The van der Waals surface area contributed by atoms with Crippen LogP contribution in [0.25, 0.3) is 5.57 Å². The molecule has 0 aliphatic carbocycles. The fourth-order valence-corrected chi connectivity index (χ4v) is 1.22. The second kappa shape index (κ2) is 4.51. The maximum absolute atomic E-state index is 5.18. The van der Waals surface area contributed by atoms with Gasteiger partial charge in [-0.2, -0.15) is 0 Å². The van der Waals surface area contributed by atoms with Gasteiger partial charge in [0.05, 0.1) is 7.11 Å². The Morgan fingerprint density at radius 2 is 1.92 bits per heavy atom. The van der Waals surface area contributed by atoms with Crippen molar-refractivity contribution in [3.63, 3.8) is 0 Å². The van der Waals surface area contributed by atoms with Gasteiger partial charge in [0, 0.05) is 0 Å². The van der Waals surface area contributed by atoms with Gasteiger partial charge in [-0.3, -0.25) is 0 Å². The average Bonchev–Trinajstić information content (AvgIpc) is 2.21. The molecule has 68 valence electrons. The van der Waals surface area contributed by atoms with E-state index in [1.165, 1.54) is 5.56 Å². The van der Waals surface area contributed by atoms with E-state index in [0.717, 1.165) is 11.3 Å². The number of methoxy groups -OCH3 is 1. The van der Waals surface area contributed by atoms with Gasteiger partial charge in [-0.25, -0.2) is 0 Å². The number of allylic oxidation sites excluding steroid dienone is 2. The van der Waals surface area contributed by atoms with Crippen molar-refractivity contribution in [2.75, 3.05) is 7.11 Å². The third kappa shape index (κ3) is 2.22. The molecule has 0 saturated carbocycles. The normalized spacial score (nSPS) is 11.8. The molecule has 0 aromatic heterocycles. The van der Waals surface area contributed by atoms with E-state index >= 15 is 0 Å². The molecule has 0 spiro atoms. The van der Waals surface area contributed by atoms with Crippen LogP contribution in [-0.2, 0) is 4.74 Å². The van der Waals surface area contributed by atoms with Crippen LogP contribution >= 0.6 is 0 Å². The summed E-state index contributed by atoms with van der Waals surface area (Å²) in [6.45, 7) is 5.72. The largest absolute Gasteiger partial charge is 0.496 e. The average molecular weight is 174 g/mol. The SMILES string of the molecule is C=C/C(OC)=C(\C)c1ccccc1. The van der Waals surface area contributed by atoms with Crippen LogP contribution in [0.1, 0.15) is 12.5 Å². The molecule has 0 N–H and O–H groups in total. The van der Waals surface area contributed by atoms with E-state index in [2.05, 4.69) is 18.7 Å². The maximum atomic E-state index is 5.18. The van der Waals surface area contributed by atoms with Crippen LogP contribution in [0.3, 0.4) is 0 Å². The van der Waals surface area contributed by atoms with Gasteiger partial charge in [-0.1, -0.05) is 36.9 Å². The minimum Gasteiger partial charge on any atom is -0.496 e. The van der Waals surface area contributed by atoms with E-state index in [4.69, 9.17) is 4.74 Å². The Labute approximate surface area is 79.4 Å². The monoisotopic (exact) mass is 174 g/mol. The summed E-state index contributed by atoms with van der Waals surface area (Å²) >= 11 is 0. The first-order valence-corrected chi connectivity index (χ1v) is 4.22. The molecule has 1 heteroatoms. The second-order valence-corrected chi connectivity index (χ2v) is 2.76. The summed E-state index contributed by atoms with van der Waals surface area (Å²) in [5.41, 5.74) is 2.28. The van der Waals surface area contributed by atoms with Gasteiger partial charge in [0.25, 0.3) is 0 Å². The summed E-state index contributed by atoms with van der Waals surface area (Å²) in [5.74, 6) is 0.825. The van der Waals surface area contributed by atoms with Crippen LogP contribution in [0, 0.1) is 0 Å². The van der Waals surface area contributed by atoms with E-state index in [1.807, 2.05) is 25.1 Å². The molecule has 0 heterocycles. The zero-order chi connectivity index (χ0) is 9.68. The number of ether oxygens (including phenoxy) is 1. The minimum absolute atomic E-state index is 0.825. The fourth-order valence-electron chi connectivity index (χ4n) is 1.22. The summed E-state index contributed by atoms with van der Waals surface area (Å²) < 4.78 is 5.18. The highest BCUT2D eigenvalue weighted by atomic mass is 16.5. The third-order valence-electron chi connectivity index (χ3n) is 1.98. The fraction of sp³-hybridized carbons (Fsp3) is 0.167. The molecule has 0 radical (unpaired) electrons. The van der Waals surface area contributed by atoms with Crippen LogP contribution in [0.2, 0.25) is 0 Å². The Morgan fingerprint density at radius 3 is 2.38 bits per heavy atom. The van der Waals surface area contributed by atoms with Gasteiger partial charge in [0.15, 0.2) is 0 Å². The molecule has 13 heavy (non-hydrogen) atoms. The molecule has 0 amide bonds. The lowest BCUT2D eigenvalue weighted by Crippen LogP contribution is -1.87. The second-order valence-electron chi connectivity index (χ2n) is 2.76. The molecular weight excluding hydrogens is 160 g/mol. The third-order valence-corrected chi connectivity index (χ3v) is 1.98. The molecule has 1 aromatic rings. The predicted octanol–water partition coefficient (Wildman–Crippen LogP) is 3.25. The Bertz CT molecular complexity index is 309. The molecule has 1 rings (SSSR count). The molecule has 1 nitrogen and oxygen atoms in total. The van der Waals surface area contributed by atoms with Crippen LogP contribution < -0.4 is 0 Å². The molecule has 0 saturated heterocycles. The van der Waals surface area contributed by atoms with Crippen molar-refractivity contribution in [1.82, 2.24) is 0 Å². The Balaban J connectivity index is 3.08. The van der Waals surface area contributed by atoms with Crippen LogP contribution in [0.5, 0.6) is 0 Å². The number of rotatable bonds is 3. The van der Waals surface area contributed by atoms with Gasteiger partial charge in [0.2, 0.25) is 0 Å². The number of benzene rings is 1. The number of hydrogen-bond acceptors (Lipinski definition) is 1. The highest BCUT2D eigenvalue weighted by Gasteiger charge is 1.99. The lowest BCUT2D eigenvalue weighted by Gasteiger charge is -2.06. The quantitative estimate of drug-likeness (QED) is 0.505. The van der Waals surface area contributed by atoms with Crippen molar-refractivity contribution in [1.29, 1.82) is 0 Å². The topological polar surface area (TPSA) is 9.23 Å². The zero-order valence-electron chi connectivity index (χ0n) is 8.08. The molecular formula is C12H14O. The van der Waals surface area contributed by atoms with Crippen LogP contribution in [0.15, 0.2) is 48.7 Å². The van der Waals surface area contributed by atoms with Crippen LogP contribution in [-0.4, -0.2) is 7.11 Å². The van der Waals surface area contributed by atoms with Gasteiger partial charge < -0.3 is 4.74 Å². The van der Waals surface area contributed by atoms with Crippen molar-refractivity contribution in [3.8, 4) is 0 Å². The summed E-state index contributed by atoms with van der Waals surface area (Å²) in [6, 6.07) is 10.1. The minimum atomic E-state index is 0.825. The Hall–Kier alpha value is -1.50. The van der Waals surface area contributed by atoms with E-state index in [0.29, 0.717) is 0 Å². The zero-order valence-corrected chi connectivity index (χ0v) is 8.08. The summed E-state index contributed by atoms with van der Waals surface area (Å²) in [6.07, 6.45) is 1.72. The highest BCUT2D eigenvalue weighted by Crippen LogP contribution is 2.18. The molecule has 0 aliphatic heterocycles. The maximum Gasteiger partial charge on any atom is 0.121 e. The van der Waals surface area contributed by atoms with Crippen molar-refractivity contribution < 1.29 is 4.74 Å². The molecule has 0 bridgehead atoms. The lowest BCUT2D eigenvalue weighted by atomic mass is 10.1. The summed E-state index contributed by atoms with van der Waals surface area (Å²) in [5, 5.41) is 0. The lowest BCUT2D eigenvalue weighted by molar-refractivity contribution is 0.309. The van der Waals surface area contributed by atoms with Crippen molar-refractivity contribution in [3.05, 3.63) is 54.3 Å². The molecule has 0 unspecified atom stereocenters. The van der Waals surface area contributed by atoms with E-state index in [-0.39, 0.29) is 0 Å². The standard InChI is InChI=1S/C12H14O/c1-4-12(13-3)10(2)11-8-6-5-7-9-11/h4-9H,1H2,2-3H3/b12-10-. The summed E-state index contributed by atoms with van der Waals surface area (Å²) in [7, 11) is 1.66. The molecule has 0 aliphatic rings. The van der Waals surface area contributed by atoms with Gasteiger partial charge in [-0.15, -0.1) is 0 Å². The Morgan fingerprint density at radius 1 is 1.31 bits per heavy atom. The smallest absolute Gasteiger partial charge is 0.121 e. The van der Waals surface area contributed by atoms with E-state index in [9.17, 15) is 0 Å². The first-order chi connectivity index (χ1) is 6.29. The van der Waals surface area contributed by atoms with Gasteiger partial charge >= 0.3 is 0 Å². The molecule has 1 aromatic carbocycles. The predicted molar refractivity (Wildman–Crippen MR) is 56.2 cm³/mol. The first kappa shape index (κ1) is 9.59. The van der Waals surface area contributed by atoms with Crippen molar-refractivity contribution in [2.24, 2.45) is 0 Å². The Kier molecular flexibility index (Phi) is 3.32. The van der Waals surface area contributed by atoms with E-state index in [1.54, 1.807) is 13.2 Å². The van der Waals surface area contributed by atoms with Crippen LogP contribution in [0.4, 0.5) is 0 Å². The van der Waals surface area contributed by atoms with Crippen molar-refractivity contribution in [2.45, 2.75) is 6.92 Å². The number of hydrogen-bond donors (Lipinski definition) is 0. The molecule has 0 atom stereocenters. The van der Waals surface area contributed by atoms with E-state index < -0.39 is 0 Å². The highest BCUT2D eigenvalue weighted by molar-refractivity contribution is 5.67. The molecule has 0 fully saturated rings. The van der Waals surface area contributed by atoms with Crippen molar-refractivity contribution >= 4 is 5.57 Å². The summed E-state index contributed by atoms with van der Waals surface area (Å²) in [4.78, 5) is 0. The first-order valence-electron chi connectivity index (χ1n) is 4.22. The van der Waals surface area contributed by atoms with Gasteiger partial charge in [-0.05, 0) is 24.1 Å². The van der Waals surface area contributed by atoms with Gasteiger partial charge in [0.1, 0.15) is 5.76 Å².